The van der Waals surface area contributed by atoms with E-state index in [1.165, 1.54) is 0 Å². The summed E-state index contributed by atoms with van der Waals surface area (Å²) in [6.45, 7) is 1.75. The molecule has 0 unspecified atom stereocenters. The molecule has 2 N–H and O–H groups in total. The van der Waals surface area contributed by atoms with Crippen LogP contribution in [0.5, 0.6) is 11.5 Å². The molecule has 24 heavy (non-hydrogen) atoms. The zero-order chi connectivity index (χ0) is 17.4. The van der Waals surface area contributed by atoms with Crippen LogP contribution in [-0.4, -0.2) is 32.4 Å². The average molecular weight is 327 g/mol. The number of para-hydroxylation sites is 2. The number of carbonyl (C=O) groups excluding carboxylic acids is 1. The number of ether oxygens (including phenoxy) is 2. The van der Waals surface area contributed by atoms with Gasteiger partial charge in [0.2, 0.25) is 0 Å². The van der Waals surface area contributed by atoms with Crippen molar-refractivity contribution in [2.75, 3.05) is 19.5 Å². The molecule has 0 spiro atoms. The third kappa shape index (κ3) is 4.74. The van der Waals surface area contributed by atoms with Gasteiger partial charge in [0.1, 0.15) is 17.5 Å². The Bertz CT molecular complexity index is 699. The minimum absolute atomic E-state index is 0.245. The van der Waals surface area contributed by atoms with E-state index in [1.54, 1.807) is 27.4 Å². The maximum Gasteiger partial charge on any atom is 0.262 e. The second-order valence-electron chi connectivity index (χ2n) is 5.07. The van der Waals surface area contributed by atoms with E-state index in [0.717, 1.165) is 17.0 Å². The fraction of sp³-hybridized carbons (Fsp3) is 0.222. The van der Waals surface area contributed by atoms with Gasteiger partial charge in [0, 0.05) is 0 Å². The summed E-state index contributed by atoms with van der Waals surface area (Å²) in [4.78, 5) is 12.1. The molecule has 0 fully saturated rings. The fourth-order valence-electron chi connectivity index (χ4n) is 2.02. The first-order valence-corrected chi connectivity index (χ1v) is 7.50. The number of hydrogen-bond acceptors (Lipinski definition) is 5. The van der Waals surface area contributed by atoms with Crippen molar-refractivity contribution >= 4 is 17.8 Å². The first-order valence-electron chi connectivity index (χ1n) is 7.50. The number of hydrogen-bond donors (Lipinski definition) is 2. The van der Waals surface area contributed by atoms with Gasteiger partial charge in [-0.1, -0.05) is 12.1 Å². The number of carbonyl (C=O) groups is 1. The largest absolute Gasteiger partial charge is 0.497 e. The number of nitrogens with zero attached hydrogens (tertiary/aromatic N) is 1. The van der Waals surface area contributed by atoms with E-state index < -0.39 is 6.04 Å². The van der Waals surface area contributed by atoms with Gasteiger partial charge in [-0.3, -0.25) is 4.79 Å². The van der Waals surface area contributed by atoms with Crippen LogP contribution in [0.25, 0.3) is 0 Å². The van der Waals surface area contributed by atoms with Gasteiger partial charge in [-0.2, -0.15) is 5.10 Å². The molecule has 1 atom stereocenters. The molecule has 2 rings (SSSR count). The third-order valence-corrected chi connectivity index (χ3v) is 3.38. The van der Waals surface area contributed by atoms with E-state index in [1.807, 2.05) is 48.5 Å². The first kappa shape index (κ1) is 17.3. The Labute approximate surface area is 141 Å². The van der Waals surface area contributed by atoms with E-state index in [-0.39, 0.29) is 5.91 Å². The second kappa shape index (κ2) is 8.57. The molecule has 0 aliphatic carbocycles. The summed E-state index contributed by atoms with van der Waals surface area (Å²) in [6.07, 6.45) is 1.58. The number of nitrogens with one attached hydrogen (secondary N) is 2. The van der Waals surface area contributed by atoms with Crippen molar-refractivity contribution in [1.29, 1.82) is 0 Å². The smallest absolute Gasteiger partial charge is 0.262 e. The topological polar surface area (TPSA) is 72.0 Å². The summed E-state index contributed by atoms with van der Waals surface area (Å²) in [6, 6.07) is 14.3. The summed E-state index contributed by atoms with van der Waals surface area (Å²) in [5.41, 5.74) is 4.13. The molecule has 126 valence electrons. The van der Waals surface area contributed by atoms with Crippen molar-refractivity contribution in [2.24, 2.45) is 5.10 Å². The number of benzene rings is 2. The normalized spacial score (nSPS) is 11.8. The van der Waals surface area contributed by atoms with Crippen LogP contribution in [0.4, 0.5) is 5.69 Å². The molecule has 0 radical (unpaired) electrons. The number of hydrazone groups is 1. The van der Waals surface area contributed by atoms with Gasteiger partial charge in [-0.15, -0.1) is 0 Å². The van der Waals surface area contributed by atoms with Crippen LogP contribution in [0.2, 0.25) is 0 Å². The molecule has 0 saturated carbocycles. The molecular weight excluding hydrogens is 306 g/mol. The summed E-state index contributed by atoms with van der Waals surface area (Å²) in [7, 11) is 3.20. The zero-order valence-corrected chi connectivity index (χ0v) is 13.9. The van der Waals surface area contributed by atoms with Crippen LogP contribution in [-0.2, 0) is 4.79 Å². The summed E-state index contributed by atoms with van der Waals surface area (Å²) >= 11 is 0. The van der Waals surface area contributed by atoms with Crippen molar-refractivity contribution in [3.63, 3.8) is 0 Å². The molecule has 0 bridgehead atoms. The molecule has 6 nitrogen and oxygen atoms in total. The Morgan fingerprint density at radius 2 is 1.79 bits per heavy atom. The van der Waals surface area contributed by atoms with Crippen molar-refractivity contribution < 1.29 is 14.3 Å². The number of amides is 1. The Hall–Kier alpha value is -3.02. The minimum Gasteiger partial charge on any atom is -0.497 e. The van der Waals surface area contributed by atoms with Crippen molar-refractivity contribution in [3.05, 3.63) is 54.1 Å². The Morgan fingerprint density at radius 3 is 2.46 bits per heavy atom. The van der Waals surface area contributed by atoms with Crippen LogP contribution < -0.4 is 20.2 Å². The molecule has 6 heteroatoms. The monoisotopic (exact) mass is 327 g/mol. The highest BCUT2D eigenvalue weighted by Crippen LogP contribution is 2.23. The molecule has 0 aromatic heterocycles. The highest BCUT2D eigenvalue weighted by atomic mass is 16.5. The number of methoxy groups -OCH3 is 2. The van der Waals surface area contributed by atoms with Gasteiger partial charge < -0.3 is 14.8 Å². The first-order chi connectivity index (χ1) is 11.6. The Morgan fingerprint density at radius 1 is 1.08 bits per heavy atom. The van der Waals surface area contributed by atoms with Gasteiger partial charge in [0.15, 0.2) is 0 Å². The lowest BCUT2D eigenvalue weighted by molar-refractivity contribution is -0.121. The highest BCUT2D eigenvalue weighted by molar-refractivity contribution is 5.86. The second-order valence-corrected chi connectivity index (χ2v) is 5.07. The molecule has 0 aliphatic heterocycles. The maximum absolute atomic E-state index is 12.1. The fourth-order valence-corrected chi connectivity index (χ4v) is 2.02. The van der Waals surface area contributed by atoms with Crippen LogP contribution in [0.15, 0.2) is 53.6 Å². The molecule has 1 amide bonds. The third-order valence-electron chi connectivity index (χ3n) is 3.38. The summed E-state index contributed by atoms with van der Waals surface area (Å²) in [5, 5.41) is 7.06. The van der Waals surface area contributed by atoms with Crippen LogP contribution in [0.1, 0.15) is 12.5 Å². The molecule has 2 aromatic rings. The van der Waals surface area contributed by atoms with E-state index in [0.29, 0.717) is 5.75 Å². The maximum atomic E-state index is 12.1. The van der Waals surface area contributed by atoms with Gasteiger partial charge >= 0.3 is 0 Å². The molecule has 0 saturated heterocycles. The number of anilines is 1. The van der Waals surface area contributed by atoms with E-state index in [2.05, 4.69) is 15.8 Å². The SMILES string of the molecule is COc1ccc(/C=N\NC(=O)[C@@H](C)Nc2ccccc2OC)cc1. The number of rotatable bonds is 7. The predicted molar refractivity (Wildman–Crippen MR) is 94.8 cm³/mol. The van der Waals surface area contributed by atoms with Crippen molar-refractivity contribution in [2.45, 2.75) is 13.0 Å². The lowest BCUT2D eigenvalue weighted by atomic mass is 10.2. The summed E-state index contributed by atoms with van der Waals surface area (Å²) in [5.74, 6) is 1.20. The molecule has 0 heterocycles. The van der Waals surface area contributed by atoms with Gasteiger partial charge in [0.25, 0.3) is 5.91 Å². The molecular formula is C18H21N3O3. The van der Waals surface area contributed by atoms with Gasteiger partial charge in [-0.25, -0.2) is 5.43 Å². The van der Waals surface area contributed by atoms with E-state index >= 15 is 0 Å². The lowest BCUT2D eigenvalue weighted by Gasteiger charge is -2.15. The average Bonchev–Trinajstić information content (AvgIpc) is 2.62. The van der Waals surface area contributed by atoms with Crippen LogP contribution in [0.3, 0.4) is 0 Å². The lowest BCUT2D eigenvalue weighted by Crippen LogP contribution is -2.35. The summed E-state index contributed by atoms with van der Waals surface area (Å²) < 4.78 is 10.3. The Balaban J connectivity index is 1.90. The Kier molecular flexibility index (Phi) is 6.19. The van der Waals surface area contributed by atoms with Crippen LogP contribution >= 0.6 is 0 Å². The van der Waals surface area contributed by atoms with E-state index in [9.17, 15) is 4.79 Å². The zero-order valence-electron chi connectivity index (χ0n) is 13.9. The minimum atomic E-state index is -0.464. The molecule has 2 aromatic carbocycles. The van der Waals surface area contributed by atoms with Gasteiger partial charge in [-0.05, 0) is 48.9 Å². The quantitative estimate of drug-likeness (QED) is 0.606. The molecule has 0 aliphatic rings. The van der Waals surface area contributed by atoms with E-state index in [4.69, 9.17) is 9.47 Å². The van der Waals surface area contributed by atoms with Crippen molar-refractivity contribution in [1.82, 2.24) is 5.43 Å². The highest BCUT2D eigenvalue weighted by Gasteiger charge is 2.13. The van der Waals surface area contributed by atoms with Crippen LogP contribution in [0, 0.1) is 0 Å². The van der Waals surface area contributed by atoms with Crippen molar-refractivity contribution in [3.8, 4) is 11.5 Å². The standard InChI is InChI=1S/C18H21N3O3/c1-13(20-16-6-4-5-7-17(16)24-3)18(22)21-19-12-14-8-10-15(23-2)11-9-14/h4-13,20H,1-3H3,(H,21,22)/b19-12-/t13-/m1/s1. The predicted octanol–water partition coefficient (Wildman–Crippen LogP) is 2.65. The van der Waals surface area contributed by atoms with Gasteiger partial charge in [0.05, 0.1) is 26.1 Å².